The second kappa shape index (κ2) is 6.38. The van der Waals surface area contributed by atoms with Gasteiger partial charge in [0.1, 0.15) is 0 Å². The molecule has 0 radical (unpaired) electrons. The summed E-state index contributed by atoms with van der Waals surface area (Å²) >= 11 is 0. The normalized spacial score (nSPS) is 17.6. The number of aliphatic hydroxyl groups is 1. The van der Waals surface area contributed by atoms with Crippen molar-refractivity contribution in [1.82, 2.24) is 20.4 Å². The molecule has 1 atom stereocenters. The zero-order chi connectivity index (χ0) is 13.7. The number of carbonyl (C=O) groups is 1. The summed E-state index contributed by atoms with van der Waals surface area (Å²) in [5.41, 5.74) is 2.35. The predicted octanol–water partition coefficient (Wildman–Crippen LogP) is 0.457. The van der Waals surface area contributed by atoms with E-state index in [4.69, 9.17) is 5.11 Å². The molecule has 0 saturated heterocycles. The Balaban J connectivity index is 1.90. The lowest BCUT2D eigenvalue weighted by atomic mass is 9.94. The summed E-state index contributed by atoms with van der Waals surface area (Å²) in [6.07, 6.45) is 6.09. The molecule has 1 unspecified atom stereocenters. The summed E-state index contributed by atoms with van der Waals surface area (Å²) in [4.78, 5) is 13.6. The zero-order valence-corrected chi connectivity index (χ0v) is 10.9. The van der Waals surface area contributed by atoms with Gasteiger partial charge >= 0.3 is 6.03 Å². The molecule has 0 aromatic carbocycles. The Hall–Kier alpha value is -1.82. The number of aromatic nitrogens is 2. The SMILES string of the molecule is C=CCN(CCO)C(=O)NC1CCc2[nH]ncc2C1. The maximum atomic E-state index is 12.1. The molecule has 0 bridgehead atoms. The first kappa shape index (κ1) is 13.6. The number of hydrogen-bond donors (Lipinski definition) is 3. The van der Waals surface area contributed by atoms with E-state index in [-0.39, 0.29) is 18.7 Å². The van der Waals surface area contributed by atoms with Gasteiger partial charge in [0.15, 0.2) is 0 Å². The van der Waals surface area contributed by atoms with Crippen LogP contribution in [-0.2, 0) is 12.8 Å². The van der Waals surface area contributed by atoms with Gasteiger partial charge < -0.3 is 15.3 Å². The van der Waals surface area contributed by atoms with Crippen molar-refractivity contribution in [2.75, 3.05) is 19.7 Å². The van der Waals surface area contributed by atoms with E-state index >= 15 is 0 Å². The maximum absolute atomic E-state index is 12.1. The number of H-pyrrole nitrogens is 1. The van der Waals surface area contributed by atoms with Gasteiger partial charge in [-0.25, -0.2) is 4.79 Å². The Kier molecular flexibility index (Phi) is 4.57. The minimum Gasteiger partial charge on any atom is -0.395 e. The molecule has 0 aliphatic heterocycles. The van der Waals surface area contributed by atoms with E-state index < -0.39 is 0 Å². The van der Waals surface area contributed by atoms with Crippen molar-refractivity contribution < 1.29 is 9.90 Å². The lowest BCUT2D eigenvalue weighted by Crippen LogP contribution is -2.47. The highest BCUT2D eigenvalue weighted by atomic mass is 16.3. The highest BCUT2D eigenvalue weighted by molar-refractivity contribution is 5.74. The van der Waals surface area contributed by atoms with Crippen molar-refractivity contribution in [1.29, 1.82) is 0 Å². The lowest BCUT2D eigenvalue weighted by molar-refractivity contribution is 0.179. The van der Waals surface area contributed by atoms with Crippen LogP contribution in [-0.4, -0.2) is 52.0 Å². The van der Waals surface area contributed by atoms with Crippen LogP contribution in [0.3, 0.4) is 0 Å². The van der Waals surface area contributed by atoms with Crippen LogP contribution in [0.15, 0.2) is 18.9 Å². The van der Waals surface area contributed by atoms with Crippen LogP contribution in [0.2, 0.25) is 0 Å². The molecule has 6 heteroatoms. The van der Waals surface area contributed by atoms with Crippen molar-refractivity contribution in [3.63, 3.8) is 0 Å². The molecule has 0 fully saturated rings. The number of rotatable bonds is 5. The Morgan fingerprint density at radius 3 is 3.32 bits per heavy atom. The quantitative estimate of drug-likeness (QED) is 0.676. The summed E-state index contributed by atoms with van der Waals surface area (Å²) in [6, 6.07) is -0.0190. The minimum atomic E-state index is -0.147. The highest BCUT2D eigenvalue weighted by Gasteiger charge is 2.23. The summed E-state index contributed by atoms with van der Waals surface area (Å²) in [5, 5.41) is 19.0. The Bertz CT molecular complexity index is 444. The van der Waals surface area contributed by atoms with Gasteiger partial charge in [0.05, 0.1) is 12.8 Å². The van der Waals surface area contributed by atoms with Gasteiger partial charge in [-0.3, -0.25) is 5.10 Å². The van der Waals surface area contributed by atoms with E-state index in [2.05, 4.69) is 22.1 Å². The van der Waals surface area contributed by atoms with E-state index in [1.54, 1.807) is 11.0 Å². The number of aromatic amines is 1. The van der Waals surface area contributed by atoms with Crippen LogP contribution in [0.4, 0.5) is 4.79 Å². The van der Waals surface area contributed by atoms with Gasteiger partial charge in [-0.2, -0.15) is 5.10 Å². The van der Waals surface area contributed by atoms with E-state index in [0.29, 0.717) is 13.1 Å². The van der Waals surface area contributed by atoms with Crippen molar-refractivity contribution >= 4 is 6.03 Å². The molecule has 1 aliphatic rings. The van der Waals surface area contributed by atoms with Crippen molar-refractivity contribution in [3.05, 3.63) is 30.1 Å². The molecule has 0 spiro atoms. The van der Waals surface area contributed by atoms with Gasteiger partial charge in [0.25, 0.3) is 0 Å². The first-order valence-electron chi connectivity index (χ1n) is 6.53. The molecular weight excluding hydrogens is 244 g/mol. The van der Waals surface area contributed by atoms with Crippen LogP contribution in [0, 0.1) is 0 Å². The molecule has 104 valence electrons. The van der Waals surface area contributed by atoms with Crippen LogP contribution in [0.1, 0.15) is 17.7 Å². The first-order chi connectivity index (χ1) is 9.24. The summed E-state index contributed by atoms with van der Waals surface area (Å²) in [7, 11) is 0. The number of aryl methyl sites for hydroxylation is 1. The molecule has 1 aromatic heterocycles. The number of nitrogens with one attached hydrogen (secondary N) is 2. The third-order valence-corrected chi connectivity index (χ3v) is 3.35. The molecule has 1 heterocycles. The molecule has 0 saturated carbocycles. The Morgan fingerprint density at radius 2 is 2.58 bits per heavy atom. The third kappa shape index (κ3) is 3.35. The molecule has 3 N–H and O–H groups in total. The number of carbonyl (C=O) groups excluding carboxylic acids is 1. The second-order valence-corrected chi connectivity index (χ2v) is 4.72. The maximum Gasteiger partial charge on any atom is 0.317 e. The smallest absolute Gasteiger partial charge is 0.317 e. The van der Waals surface area contributed by atoms with Gasteiger partial charge in [-0.1, -0.05) is 6.08 Å². The average Bonchev–Trinajstić information content (AvgIpc) is 2.86. The van der Waals surface area contributed by atoms with Crippen LogP contribution in [0.25, 0.3) is 0 Å². The Labute approximate surface area is 112 Å². The number of urea groups is 1. The first-order valence-corrected chi connectivity index (χ1v) is 6.53. The molecule has 19 heavy (non-hydrogen) atoms. The molecule has 1 aliphatic carbocycles. The number of fused-ring (bicyclic) bond motifs is 1. The number of aliphatic hydroxyl groups excluding tert-OH is 1. The minimum absolute atomic E-state index is 0.0438. The lowest BCUT2D eigenvalue weighted by Gasteiger charge is -2.27. The summed E-state index contributed by atoms with van der Waals surface area (Å²) < 4.78 is 0. The largest absolute Gasteiger partial charge is 0.395 e. The molecular formula is C13H20N4O2. The fourth-order valence-electron chi connectivity index (χ4n) is 2.36. The van der Waals surface area contributed by atoms with Gasteiger partial charge in [0, 0.05) is 24.8 Å². The van der Waals surface area contributed by atoms with E-state index in [1.165, 1.54) is 11.3 Å². The monoisotopic (exact) mass is 264 g/mol. The third-order valence-electron chi connectivity index (χ3n) is 3.35. The fourth-order valence-corrected chi connectivity index (χ4v) is 2.36. The van der Waals surface area contributed by atoms with E-state index in [1.807, 2.05) is 6.20 Å². The second-order valence-electron chi connectivity index (χ2n) is 4.72. The van der Waals surface area contributed by atoms with Crippen LogP contribution < -0.4 is 5.32 Å². The predicted molar refractivity (Wildman–Crippen MR) is 71.8 cm³/mol. The number of nitrogens with zero attached hydrogens (tertiary/aromatic N) is 2. The molecule has 2 rings (SSSR count). The van der Waals surface area contributed by atoms with Crippen molar-refractivity contribution in [2.45, 2.75) is 25.3 Å². The van der Waals surface area contributed by atoms with Crippen LogP contribution in [0.5, 0.6) is 0 Å². The zero-order valence-electron chi connectivity index (χ0n) is 10.9. The highest BCUT2D eigenvalue weighted by Crippen LogP contribution is 2.18. The van der Waals surface area contributed by atoms with Crippen molar-refractivity contribution in [3.8, 4) is 0 Å². The van der Waals surface area contributed by atoms with Crippen molar-refractivity contribution in [2.24, 2.45) is 0 Å². The average molecular weight is 264 g/mol. The molecule has 6 nitrogen and oxygen atoms in total. The van der Waals surface area contributed by atoms with E-state index in [9.17, 15) is 4.79 Å². The number of amides is 2. The Morgan fingerprint density at radius 1 is 1.74 bits per heavy atom. The summed E-state index contributed by atoms with van der Waals surface area (Å²) in [5.74, 6) is 0. The van der Waals surface area contributed by atoms with Crippen LogP contribution >= 0.6 is 0 Å². The topological polar surface area (TPSA) is 81.2 Å². The van der Waals surface area contributed by atoms with E-state index in [0.717, 1.165) is 19.3 Å². The molecule has 1 aromatic rings. The van der Waals surface area contributed by atoms with Gasteiger partial charge in [-0.05, 0) is 24.8 Å². The number of hydrogen-bond acceptors (Lipinski definition) is 3. The summed E-state index contributed by atoms with van der Waals surface area (Å²) in [6.45, 7) is 4.34. The fraction of sp³-hybridized carbons (Fsp3) is 0.538. The standard InChI is InChI=1S/C13H20N4O2/c1-2-5-17(6-7-18)13(19)15-11-3-4-12-10(8-11)9-14-16-12/h2,9,11,18H,1,3-8H2,(H,14,16)(H,15,19). The molecule has 2 amide bonds. The van der Waals surface area contributed by atoms with Gasteiger partial charge in [-0.15, -0.1) is 6.58 Å². The van der Waals surface area contributed by atoms with Gasteiger partial charge in [0.2, 0.25) is 0 Å².